The quantitative estimate of drug-likeness (QED) is 0.0294. The van der Waals surface area contributed by atoms with E-state index in [1.54, 1.807) is 12.1 Å². The maximum Gasteiger partial charge on any atom is 0.217 e. The van der Waals surface area contributed by atoms with Gasteiger partial charge < -0.3 is 250 Å². The summed E-state index contributed by atoms with van der Waals surface area (Å²) < 4.78 is 108. The first-order valence-corrected chi connectivity index (χ1v) is 41.0. The highest BCUT2D eigenvalue weighted by Gasteiger charge is 2.61. The van der Waals surface area contributed by atoms with Crippen LogP contribution in [0.15, 0.2) is 24.4 Å². The van der Waals surface area contributed by atoms with E-state index < -0.39 is 390 Å². The number of aliphatic hydroxyl groups excluding tert-OH is 27. The van der Waals surface area contributed by atoms with Gasteiger partial charge in [-0.15, -0.1) is 0 Å². The SMILES string of the molecule is CC(=O)N[C@H]1[C@H](O[C@@H]([C@H](O)[C@H](CNc2ccccn2)NC(C)=O)[C@H](O)CO[C@@H]2O[C@@H](C)[C@@H](O)[C@@H](O)[C@@H]2O)O[C@H](CO)[C@@H](O[C@@H]2O[C@H](CO[C@H]3O[C@H](CO)[C@@H](O)[C@H](O)[C@@H]3O[C@@H]3O[C@H](CO)[C@@H](O[C@@H]4O[C@H](CO)[C@H](O)[C@H](O)[C@H]4O)[C@H](O)[C@H]3NC(C)=O)[C@@H](O)[C@H](O[C@H]3O[C@H](CO)[C@@H](O)[C@H](O)[C@@H]3O[C@@H]3O[C@H](CO)[C@@H](O[C@@H]4O[C@H](CO)[C@H](O)[C@H](O)[C@H]4O)[C@H](O)[C@H]3NC(C)=O)[C@@H]2O)[C@@H]1O. The van der Waals surface area contributed by atoms with Gasteiger partial charge in [-0.25, -0.2) is 4.98 Å². The highest BCUT2D eigenvalue weighted by molar-refractivity contribution is 5.74. The van der Waals surface area contributed by atoms with Gasteiger partial charge in [0.25, 0.3) is 0 Å². The van der Waals surface area contributed by atoms with E-state index in [-0.39, 0.29) is 5.82 Å². The van der Waals surface area contributed by atoms with Crippen LogP contribution >= 0.6 is 0 Å². The van der Waals surface area contributed by atoms with Crippen LogP contribution in [0.2, 0.25) is 0 Å². The van der Waals surface area contributed by atoms with Crippen molar-refractivity contribution in [1.29, 1.82) is 0 Å². The molecule has 128 heavy (non-hydrogen) atoms. The topological polar surface area (TPSA) is 854 Å². The molecule has 0 aromatic carbocycles. The number of rotatable bonds is 37. The molecule has 1 aromatic rings. The standard InChI is InChI=1S/C73H120N6O49/c1-20-39(92)49(102)54(107)68(113-20)111-18-26(91)58(40(93)25(76-21(2)87)10-75-35-8-6-7-9-74-35)122-65-36(77-22(3)88)46(99)61(33(17-86)118-65)125-71-57(110)62(126-73-64(53(106)44(97)30(14-83)117-73)128-67-38(79-24(5)90)48(101)60(32(16-85)120-67)124-70-56(109)51(104)42(95)28(12-81)115-70)45(98)34(121-71)19-112-72-63(52(105)43(96)29(13-82)116-72)127-66-37(78-23(4)89)47(100)59(31(15-84)119-66)123-69-55(108)50(103)41(94)27(11-80)114-69/h6-9,20,25-34,36-73,80-86,91-110H,10-19H2,1-5H3,(H,74,75)(H,76,87)(H,77,88)(H,78,89)(H,79,90)/t20-,25-,26+,27+,28+,29+,30+,31+,32+,33+,34+,36+,37+,38+,39+,40+,41-,42-,43+,44+,45+,46+,47+,48+,49+,50-,51-,52-,53-,54-,55+,56+,57-,58+,59+,60+,61+,62-,63-,64-,65-,66-,67-,68+,69-,70-,71-,72-,73+/m0/s1. The van der Waals surface area contributed by atoms with Gasteiger partial charge in [-0.1, -0.05) is 6.07 Å². The predicted octanol–water partition coefficient (Wildman–Crippen LogP) is -20.0. The summed E-state index contributed by atoms with van der Waals surface area (Å²) >= 11 is 0. The fourth-order valence-corrected chi connectivity index (χ4v) is 16.1. The molecule has 32 N–H and O–H groups in total. The molecule has 9 aliphatic heterocycles. The zero-order valence-corrected chi connectivity index (χ0v) is 69.2. The molecule has 9 saturated heterocycles. The van der Waals surface area contributed by atoms with Crippen molar-refractivity contribution in [3.8, 4) is 0 Å². The predicted molar refractivity (Wildman–Crippen MR) is 403 cm³/mol. The smallest absolute Gasteiger partial charge is 0.217 e. The van der Waals surface area contributed by atoms with E-state index in [0.717, 1.165) is 27.7 Å². The first-order valence-electron chi connectivity index (χ1n) is 41.0. The molecule has 0 bridgehead atoms. The molecule has 736 valence electrons. The van der Waals surface area contributed by atoms with Crippen LogP contribution in [0.4, 0.5) is 5.82 Å². The summed E-state index contributed by atoms with van der Waals surface area (Å²) in [7, 11) is 0. The van der Waals surface area contributed by atoms with Crippen LogP contribution < -0.4 is 26.6 Å². The number of nitrogens with one attached hydrogen (secondary N) is 5. The average Bonchev–Trinajstić information content (AvgIpc) is 0.763. The lowest BCUT2D eigenvalue weighted by Gasteiger charge is -2.51. The van der Waals surface area contributed by atoms with Gasteiger partial charge in [-0.2, -0.15) is 0 Å². The van der Waals surface area contributed by atoms with E-state index in [0.29, 0.717) is 0 Å². The minimum Gasteiger partial charge on any atom is -0.394 e. The van der Waals surface area contributed by atoms with Gasteiger partial charge in [-0.3, -0.25) is 19.2 Å². The molecule has 0 saturated carbocycles. The molecule has 0 radical (unpaired) electrons. The Balaban J connectivity index is 0.997. The Bertz CT molecular complexity index is 3580. The third-order valence-electron chi connectivity index (χ3n) is 23.0. The molecule has 0 spiro atoms. The van der Waals surface area contributed by atoms with Crippen molar-refractivity contribution in [2.24, 2.45) is 0 Å². The van der Waals surface area contributed by atoms with Crippen LogP contribution in [0.25, 0.3) is 0 Å². The van der Waals surface area contributed by atoms with Crippen molar-refractivity contribution in [2.75, 3.05) is 71.3 Å². The van der Waals surface area contributed by atoms with E-state index in [9.17, 15) is 157 Å². The monoisotopic (exact) mass is 1860 g/mol. The van der Waals surface area contributed by atoms with E-state index in [1.165, 1.54) is 19.2 Å². The molecule has 4 amide bonds. The van der Waals surface area contributed by atoms with Gasteiger partial charge in [0.2, 0.25) is 23.6 Å². The second-order valence-corrected chi connectivity index (χ2v) is 32.2. The number of anilines is 1. The number of aromatic nitrogens is 1. The first-order chi connectivity index (χ1) is 60.6. The number of pyridine rings is 1. The van der Waals surface area contributed by atoms with Crippen molar-refractivity contribution >= 4 is 29.4 Å². The molecule has 1 aromatic heterocycles. The maximum atomic E-state index is 13.4. The summed E-state index contributed by atoms with van der Waals surface area (Å²) in [4.78, 5) is 56.5. The Morgan fingerprint density at radius 1 is 0.359 bits per heavy atom. The van der Waals surface area contributed by atoms with Gasteiger partial charge in [0, 0.05) is 40.4 Å². The molecule has 49 atom stereocenters. The number of aliphatic hydroxyl groups is 27. The molecule has 10 rings (SSSR count). The molecule has 55 heteroatoms. The van der Waals surface area contributed by atoms with Crippen LogP contribution in [0.3, 0.4) is 0 Å². The second kappa shape index (κ2) is 47.0. The van der Waals surface area contributed by atoms with Crippen molar-refractivity contribution < 1.29 is 242 Å². The maximum absolute atomic E-state index is 13.4. The van der Waals surface area contributed by atoms with E-state index >= 15 is 0 Å². The molecular weight excluding hydrogens is 1740 g/mol. The highest BCUT2D eigenvalue weighted by Crippen LogP contribution is 2.40. The number of amides is 4. The summed E-state index contributed by atoms with van der Waals surface area (Å²) in [6.45, 7) is -5.46. The fraction of sp³-hybridized carbons (Fsp3) is 0.877. The molecule has 55 nitrogen and oxygen atoms in total. The lowest BCUT2D eigenvalue weighted by atomic mass is 9.94. The summed E-state index contributed by atoms with van der Waals surface area (Å²) in [6, 6.07) is -2.87. The number of carbonyl (C=O) groups is 4. The van der Waals surface area contributed by atoms with E-state index in [2.05, 4.69) is 31.6 Å². The first kappa shape index (κ1) is 105. The van der Waals surface area contributed by atoms with Crippen LogP contribution in [-0.4, -0.2) is 533 Å². The highest BCUT2D eigenvalue weighted by atomic mass is 16.8. The Morgan fingerprint density at radius 2 is 0.727 bits per heavy atom. The Morgan fingerprint density at radius 3 is 1.16 bits per heavy atom. The average molecular weight is 1870 g/mol. The summed E-state index contributed by atoms with van der Waals surface area (Å²) in [6.07, 6.45) is -93.2. The summed E-state index contributed by atoms with van der Waals surface area (Å²) in [5.41, 5.74) is 0. The van der Waals surface area contributed by atoms with Gasteiger partial charge in [0.15, 0.2) is 56.6 Å². The number of nitrogens with zero attached hydrogens (tertiary/aromatic N) is 1. The molecule has 9 fully saturated rings. The minimum absolute atomic E-state index is 0.191. The van der Waals surface area contributed by atoms with Crippen molar-refractivity contribution in [3.05, 3.63) is 24.4 Å². The van der Waals surface area contributed by atoms with Gasteiger partial charge >= 0.3 is 0 Å². The molecule has 10 heterocycles. The molecule has 0 unspecified atom stereocenters. The van der Waals surface area contributed by atoms with Crippen LogP contribution in [0, 0.1) is 0 Å². The van der Waals surface area contributed by atoms with Gasteiger partial charge in [0.1, 0.15) is 238 Å². The van der Waals surface area contributed by atoms with E-state index in [1.807, 2.05) is 0 Å². The van der Waals surface area contributed by atoms with Crippen LogP contribution in [0.1, 0.15) is 34.6 Å². The normalized spacial score (nSPS) is 45.3. The Hall–Kier alpha value is -4.97. The fourth-order valence-electron chi connectivity index (χ4n) is 16.1. The zero-order chi connectivity index (χ0) is 94.0. The zero-order valence-electron chi connectivity index (χ0n) is 69.2. The van der Waals surface area contributed by atoms with Crippen molar-refractivity contribution in [1.82, 2.24) is 26.3 Å². The lowest BCUT2D eigenvalue weighted by Crippen LogP contribution is -2.70. The lowest BCUT2D eigenvalue weighted by molar-refractivity contribution is -0.398. The third-order valence-corrected chi connectivity index (χ3v) is 23.0. The summed E-state index contributed by atoms with van der Waals surface area (Å²) in [5, 5.41) is 316. The molecular formula is C73H120N6O49. The molecule has 9 aliphatic rings. The Labute approximate surface area is 726 Å². The van der Waals surface area contributed by atoms with E-state index in [4.69, 9.17) is 85.3 Å². The number of carbonyl (C=O) groups excluding carboxylic acids is 4. The van der Waals surface area contributed by atoms with Crippen LogP contribution in [-0.2, 0) is 104 Å². The van der Waals surface area contributed by atoms with Gasteiger partial charge in [-0.05, 0) is 19.1 Å². The summed E-state index contributed by atoms with van der Waals surface area (Å²) in [5.74, 6) is -3.53. The number of ether oxygens (including phenoxy) is 18. The largest absolute Gasteiger partial charge is 0.394 e. The third kappa shape index (κ3) is 24.3. The van der Waals surface area contributed by atoms with Crippen LogP contribution in [0.5, 0.6) is 0 Å². The van der Waals surface area contributed by atoms with Gasteiger partial charge in [0.05, 0.1) is 71.6 Å². The number of hydrogen-bond acceptors (Lipinski definition) is 51. The van der Waals surface area contributed by atoms with Crippen molar-refractivity contribution in [2.45, 2.75) is 335 Å². The minimum atomic E-state index is -2.65. The van der Waals surface area contributed by atoms with Crippen molar-refractivity contribution in [3.63, 3.8) is 0 Å². The number of hydrogen-bond donors (Lipinski definition) is 32. The molecule has 0 aliphatic carbocycles. The Kier molecular flexibility index (Phi) is 38.6. The second-order valence-electron chi connectivity index (χ2n) is 32.2.